The van der Waals surface area contributed by atoms with Crippen molar-refractivity contribution in [3.8, 4) is 0 Å². The zero-order valence-corrected chi connectivity index (χ0v) is 13.8. The Hall–Kier alpha value is -2.34. The first-order valence-electron chi connectivity index (χ1n) is 7.10. The van der Waals surface area contributed by atoms with E-state index in [9.17, 15) is 10.1 Å². The first-order chi connectivity index (χ1) is 11.0. The Bertz CT molecular complexity index is 670. The number of rotatable bonds is 7. The van der Waals surface area contributed by atoms with E-state index in [0.717, 1.165) is 5.56 Å². The van der Waals surface area contributed by atoms with Crippen LogP contribution in [0.4, 0.5) is 5.69 Å². The van der Waals surface area contributed by atoms with Crippen LogP contribution in [0.25, 0.3) is 0 Å². The van der Waals surface area contributed by atoms with E-state index < -0.39 is 4.92 Å². The molecule has 2 aromatic carbocycles. The van der Waals surface area contributed by atoms with Crippen molar-refractivity contribution in [2.75, 3.05) is 0 Å². The first kappa shape index (κ1) is 17.0. The molecule has 0 N–H and O–H groups in total. The van der Waals surface area contributed by atoms with Gasteiger partial charge in [0.25, 0.3) is 5.69 Å². The molecule has 0 saturated heterocycles. The fourth-order valence-corrected chi connectivity index (χ4v) is 2.80. The third kappa shape index (κ3) is 5.75. The average molecular weight is 330 g/mol. The topological polar surface area (TPSA) is 64.7 Å². The second-order valence-corrected chi connectivity index (χ2v) is 7.18. The van der Waals surface area contributed by atoms with Crippen molar-refractivity contribution in [1.82, 2.24) is 0 Å². The summed E-state index contributed by atoms with van der Waals surface area (Å²) >= 11 is 1.69. The summed E-state index contributed by atoms with van der Waals surface area (Å²) in [6.07, 6.45) is 1.76. The zero-order valence-electron chi connectivity index (χ0n) is 13.0. The molecule has 2 rings (SSSR count). The molecule has 120 valence electrons. The second-order valence-electron chi connectivity index (χ2n) is 5.45. The Balaban J connectivity index is 1.84. The minimum Gasteiger partial charge on any atom is -0.391 e. The first-order valence-corrected chi connectivity index (χ1v) is 7.92. The van der Waals surface area contributed by atoms with Gasteiger partial charge in [0.05, 0.1) is 15.9 Å². The van der Waals surface area contributed by atoms with E-state index in [-0.39, 0.29) is 17.0 Å². The molecule has 0 heterocycles. The molecule has 0 spiro atoms. The average Bonchev–Trinajstić information content (AvgIpc) is 2.52. The maximum absolute atomic E-state index is 10.6. The Labute approximate surface area is 139 Å². The van der Waals surface area contributed by atoms with E-state index in [1.54, 1.807) is 30.1 Å². The largest absolute Gasteiger partial charge is 0.391 e. The van der Waals surface area contributed by atoms with Gasteiger partial charge in [-0.2, -0.15) is 0 Å². The van der Waals surface area contributed by atoms with Crippen LogP contribution >= 0.6 is 11.8 Å². The summed E-state index contributed by atoms with van der Waals surface area (Å²) in [7, 11) is 0. The third-order valence-electron chi connectivity index (χ3n) is 2.94. The number of non-ortho nitro benzene ring substituents is 1. The van der Waals surface area contributed by atoms with Gasteiger partial charge in [-0.1, -0.05) is 23.4 Å². The Morgan fingerprint density at radius 2 is 1.83 bits per heavy atom. The van der Waals surface area contributed by atoms with Crippen LogP contribution in [0.15, 0.2) is 64.6 Å². The summed E-state index contributed by atoms with van der Waals surface area (Å²) in [6.45, 7) is 4.40. The lowest BCUT2D eigenvalue weighted by Gasteiger charge is -2.18. The summed E-state index contributed by atoms with van der Waals surface area (Å²) in [5.41, 5.74) is 0.902. The molecule has 0 aliphatic rings. The fourth-order valence-electron chi connectivity index (χ4n) is 1.81. The Kier molecular flexibility index (Phi) is 5.76. The number of nitro benzene ring substituents is 1. The monoisotopic (exact) mass is 330 g/mol. The van der Waals surface area contributed by atoms with Crippen molar-refractivity contribution in [1.29, 1.82) is 0 Å². The molecule has 0 fully saturated rings. The van der Waals surface area contributed by atoms with Gasteiger partial charge in [0.2, 0.25) is 0 Å². The zero-order chi connectivity index (χ0) is 16.7. The van der Waals surface area contributed by atoms with Gasteiger partial charge in [-0.05, 0) is 43.7 Å². The van der Waals surface area contributed by atoms with Crippen LogP contribution in [-0.4, -0.2) is 15.9 Å². The number of nitrogens with zero attached hydrogens (tertiary/aromatic N) is 2. The number of hydrogen-bond acceptors (Lipinski definition) is 5. The molecule has 0 aromatic heterocycles. The van der Waals surface area contributed by atoms with E-state index >= 15 is 0 Å². The molecule has 6 heteroatoms. The normalized spacial score (nSPS) is 11.6. The van der Waals surface area contributed by atoms with Crippen molar-refractivity contribution in [2.24, 2.45) is 5.16 Å². The van der Waals surface area contributed by atoms with Gasteiger partial charge in [-0.15, -0.1) is 11.8 Å². The molecule has 2 aromatic rings. The molecular formula is C17H18N2O3S. The quantitative estimate of drug-likeness (QED) is 0.320. The highest BCUT2D eigenvalue weighted by molar-refractivity contribution is 8.01. The van der Waals surface area contributed by atoms with E-state index in [2.05, 4.69) is 31.1 Å². The molecule has 0 unspecified atom stereocenters. The van der Waals surface area contributed by atoms with Crippen LogP contribution in [0.5, 0.6) is 0 Å². The second kappa shape index (κ2) is 7.78. The molecule has 0 radical (unpaired) electrons. The van der Waals surface area contributed by atoms with Crippen LogP contribution in [0.2, 0.25) is 0 Å². The van der Waals surface area contributed by atoms with E-state index in [1.165, 1.54) is 17.0 Å². The lowest BCUT2D eigenvalue weighted by atomic mass is 10.2. The lowest BCUT2D eigenvalue weighted by Crippen LogP contribution is -2.16. The van der Waals surface area contributed by atoms with Crippen LogP contribution < -0.4 is 0 Å². The lowest BCUT2D eigenvalue weighted by molar-refractivity contribution is -0.384. The van der Waals surface area contributed by atoms with Gasteiger partial charge in [0, 0.05) is 17.0 Å². The summed E-state index contributed by atoms with van der Waals surface area (Å²) in [5.74, 6) is 0. The van der Waals surface area contributed by atoms with Crippen molar-refractivity contribution in [3.05, 3.63) is 70.3 Å². The molecule has 0 bridgehead atoms. The minimum absolute atomic E-state index is 0.0673. The summed E-state index contributed by atoms with van der Waals surface area (Å²) in [6, 6.07) is 16.3. The van der Waals surface area contributed by atoms with Crippen molar-refractivity contribution in [3.63, 3.8) is 0 Å². The van der Waals surface area contributed by atoms with Gasteiger partial charge in [0.15, 0.2) is 0 Å². The van der Waals surface area contributed by atoms with Gasteiger partial charge < -0.3 is 4.84 Å². The van der Waals surface area contributed by atoms with E-state index in [4.69, 9.17) is 4.84 Å². The highest BCUT2D eigenvalue weighted by Gasteiger charge is 2.16. The maximum atomic E-state index is 10.6. The number of hydrogen-bond donors (Lipinski definition) is 0. The number of nitro groups is 1. The van der Waals surface area contributed by atoms with Crippen LogP contribution in [0, 0.1) is 10.1 Å². The highest BCUT2D eigenvalue weighted by Crippen LogP contribution is 2.30. The van der Waals surface area contributed by atoms with Gasteiger partial charge >= 0.3 is 0 Å². The standard InChI is InChI=1S/C17H18N2O3S/c1-17(2,23-16-6-4-3-5-7-16)13-18-22-12-14-8-10-15(11-9-14)19(20)21/h3-11,13H,12H2,1-2H3/b18-13-. The van der Waals surface area contributed by atoms with Gasteiger partial charge in [-0.25, -0.2) is 0 Å². The maximum Gasteiger partial charge on any atom is 0.269 e. The van der Waals surface area contributed by atoms with Crippen LogP contribution in [0.3, 0.4) is 0 Å². The fraction of sp³-hybridized carbons (Fsp3) is 0.235. The molecule has 0 aliphatic carbocycles. The predicted octanol–water partition coefficient (Wildman–Crippen LogP) is 4.67. The number of benzene rings is 2. The van der Waals surface area contributed by atoms with Crippen molar-refractivity contribution in [2.45, 2.75) is 30.1 Å². The molecule has 0 saturated carbocycles. The third-order valence-corrected chi connectivity index (χ3v) is 4.08. The van der Waals surface area contributed by atoms with Crippen molar-refractivity contribution >= 4 is 23.7 Å². The molecule has 0 aliphatic heterocycles. The molecule has 23 heavy (non-hydrogen) atoms. The molecular weight excluding hydrogens is 312 g/mol. The number of thioether (sulfide) groups is 1. The Morgan fingerprint density at radius 3 is 2.43 bits per heavy atom. The minimum atomic E-state index is -0.424. The molecule has 5 nitrogen and oxygen atoms in total. The van der Waals surface area contributed by atoms with Gasteiger partial charge in [0.1, 0.15) is 6.61 Å². The van der Waals surface area contributed by atoms with Crippen molar-refractivity contribution < 1.29 is 9.76 Å². The summed E-state index contributed by atoms with van der Waals surface area (Å²) in [4.78, 5) is 16.6. The molecule has 0 amide bonds. The summed E-state index contributed by atoms with van der Waals surface area (Å²) in [5, 5.41) is 14.6. The highest BCUT2D eigenvalue weighted by atomic mass is 32.2. The predicted molar refractivity (Wildman–Crippen MR) is 92.8 cm³/mol. The summed E-state index contributed by atoms with van der Waals surface area (Å²) < 4.78 is -0.198. The van der Waals surface area contributed by atoms with Gasteiger partial charge in [-0.3, -0.25) is 10.1 Å². The van der Waals surface area contributed by atoms with Crippen LogP contribution in [0.1, 0.15) is 19.4 Å². The number of oxime groups is 1. The molecule has 0 atom stereocenters. The SMILES string of the molecule is CC(C)(/C=N\OCc1ccc([N+](=O)[O-])cc1)Sc1ccccc1. The smallest absolute Gasteiger partial charge is 0.269 e. The van der Waals surface area contributed by atoms with E-state index in [0.29, 0.717) is 0 Å². The van der Waals surface area contributed by atoms with Crippen LogP contribution in [-0.2, 0) is 11.4 Å². The Morgan fingerprint density at radius 1 is 1.17 bits per heavy atom. The van der Waals surface area contributed by atoms with E-state index in [1.807, 2.05) is 18.2 Å².